The first kappa shape index (κ1) is 35.6. The van der Waals surface area contributed by atoms with Gasteiger partial charge >= 0.3 is 12.1 Å². The molecule has 1 amide bonds. The Morgan fingerprint density at radius 3 is 1.73 bits per heavy atom. The number of ether oxygens (including phenoxy) is 6. The van der Waals surface area contributed by atoms with Crippen molar-refractivity contribution in [3.05, 3.63) is 59.7 Å². The highest BCUT2D eigenvalue weighted by atomic mass is 16.6. The fourth-order valence-electron chi connectivity index (χ4n) is 3.46. The molecule has 0 aliphatic rings. The molecule has 0 saturated carbocycles. The van der Waals surface area contributed by atoms with Crippen molar-refractivity contribution in [3.8, 4) is 11.5 Å². The molecule has 0 saturated heterocycles. The van der Waals surface area contributed by atoms with Gasteiger partial charge in [0.2, 0.25) is 0 Å². The van der Waals surface area contributed by atoms with Gasteiger partial charge in [-0.2, -0.15) is 0 Å². The summed E-state index contributed by atoms with van der Waals surface area (Å²) in [7, 11) is 3.22. The molecule has 2 unspecified atom stereocenters. The maximum atomic E-state index is 10.7. The van der Waals surface area contributed by atoms with Gasteiger partial charge in [-0.05, 0) is 69.5 Å². The van der Waals surface area contributed by atoms with Crippen LogP contribution in [0.25, 0.3) is 0 Å². The molecule has 0 spiro atoms. The van der Waals surface area contributed by atoms with Crippen LogP contribution in [0.15, 0.2) is 48.5 Å². The van der Waals surface area contributed by atoms with Gasteiger partial charge < -0.3 is 44.4 Å². The summed E-state index contributed by atoms with van der Waals surface area (Å²) in [5, 5.41) is 19.2. The number of nitrogens with two attached hydrogens (primary N) is 1. The number of benzene rings is 2. The van der Waals surface area contributed by atoms with E-state index in [9.17, 15) is 14.7 Å². The molecular weight excluding hydrogens is 534 g/mol. The number of amides is 1. The fourth-order valence-corrected chi connectivity index (χ4v) is 3.46. The molecule has 0 aliphatic heterocycles. The van der Waals surface area contributed by atoms with Crippen LogP contribution in [-0.4, -0.2) is 73.6 Å². The number of carboxylic acid groups (broad SMARTS) is 1. The predicted octanol–water partition coefficient (Wildman–Crippen LogP) is 4.32. The lowest BCUT2D eigenvalue weighted by Gasteiger charge is -2.29. The third-order valence-corrected chi connectivity index (χ3v) is 5.43. The number of rotatable bonds is 16. The van der Waals surface area contributed by atoms with Crippen molar-refractivity contribution in [2.24, 2.45) is 5.73 Å². The zero-order valence-corrected chi connectivity index (χ0v) is 24.8. The minimum absolute atomic E-state index is 0.0329. The average molecular weight is 580 g/mol. The van der Waals surface area contributed by atoms with Crippen LogP contribution in [0.2, 0.25) is 0 Å². The van der Waals surface area contributed by atoms with E-state index in [0.29, 0.717) is 13.0 Å². The summed E-state index contributed by atoms with van der Waals surface area (Å²) in [6.07, 6.45) is -2.32. The zero-order chi connectivity index (χ0) is 30.8. The van der Waals surface area contributed by atoms with Crippen LogP contribution >= 0.6 is 0 Å². The second kappa shape index (κ2) is 18.9. The smallest absolute Gasteiger partial charge is 0.405 e. The number of hydrogen-bond acceptors (Lipinski definition) is 9. The van der Waals surface area contributed by atoms with Gasteiger partial charge in [-0.25, -0.2) is 4.79 Å². The van der Waals surface area contributed by atoms with E-state index in [-0.39, 0.29) is 26.2 Å². The molecule has 2 aromatic carbocycles. The highest BCUT2D eigenvalue weighted by Gasteiger charge is 2.28. The van der Waals surface area contributed by atoms with E-state index in [0.717, 1.165) is 22.6 Å². The molecule has 0 radical (unpaired) electrons. The summed E-state index contributed by atoms with van der Waals surface area (Å²) in [5.41, 5.74) is 6.13. The van der Waals surface area contributed by atoms with Crippen molar-refractivity contribution in [2.75, 3.05) is 27.4 Å². The Balaban J connectivity index is 0.000000915. The Morgan fingerprint density at radius 1 is 0.878 bits per heavy atom. The molecule has 0 bridgehead atoms. The molecular formula is C30H45NO10. The molecule has 0 aliphatic carbocycles. The first-order chi connectivity index (χ1) is 19.3. The topological polar surface area (TPSA) is 156 Å². The molecule has 0 aromatic heterocycles. The molecule has 3 atom stereocenters. The van der Waals surface area contributed by atoms with Gasteiger partial charge in [-0.15, -0.1) is 0 Å². The Labute approximate surface area is 242 Å². The number of methoxy groups -OCH3 is 2. The second-order valence-electron chi connectivity index (χ2n) is 10.2. The first-order valence-corrected chi connectivity index (χ1v) is 13.3. The summed E-state index contributed by atoms with van der Waals surface area (Å²) >= 11 is 0. The number of hydrogen-bond donors (Lipinski definition) is 3. The number of aliphatic hydroxyl groups is 1. The molecule has 0 heterocycles. The van der Waals surface area contributed by atoms with Crippen molar-refractivity contribution in [3.63, 3.8) is 0 Å². The molecule has 11 nitrogen and oxygen atoms in total. The van der Waals surface area contributed by atoms with Gasteiger partial charge in [0.25, 0.3) is 0 Å². The molecule has 41 heavy (non-hydrogen) atoms. The Kier molecular flexibility index (Phi) is 16.4. The van der Waals surface area contributed by atoms with E-state index in [1.807, 2.05) is 48.5 Å². The summed E-state index contributed by atoms with van der Waals surface area (Å²) in [6.45, 7) is 7.94. The van der Waals surface area contributed by atoms with Crippen LogP contribution in [0.5, 0.6) is 11.5 Å². The summed E-state index contributed by atoms with van der Waals surface area (Å²) in [4.78, 5) is 20.7. The Bertz CT molecular complexity index is 1000. The van der Waals surface area contributed by atoms with Crippen LogP contribution < -0.4 is 15.2 Å². The lowest BCUT2D eigenvalue weighted by atomic mass is 10.1. The van der Waals surface area contributed by atoms with Crippen molar-refractivity contribution < 1.29 is 48.2 Å². The lowest BCUT2D eigenvalue weighted by Crippen LogP contribution is -2.42. The maximum Gasteiger partial charge on any atom is 0.405 e. The van der Waals surface area contributed by atoms with Gasteiger partial charge in [-0.3, -0.25) is 4.79 Å². The predicted molar refractivity (Wildman–Crippen MR) is 153 cm³/mol. The largest absolute Gasteiger partial charge is 0.497 e. The molecule has 2 aromatic rings. The molecule has 0 fully saturated rings. The van der Waals surface area contributed by atoms with Gasteiger partial charge in [0.1, 0.15) is 29.3 Å². The van der Waals surface area contributed by atoms with E-state index >= 15 is 0 Å². The van der Waals surface area contributed by atoms with Gasteiger partial charge in [0.05, 0.1) is 40.1 Å². The number of carbonyl (C=O) groups excluding carboxylic acids is 1. The summed E-state index contributed by atoms with van der Waals surface area (Å²) < 4.78 is 32.7. The summed E-state index contributed by atoms with van der Waals surface area (Å²) in [6, 6.07) is 15.0. The maximum absolute atomic E-state index is 10.7. The van der Waals surface area contributed by atoms with Crippen LogP contribution in [0.3, 0.4) is 0 Å². The number of aliphatic carboxylic acids is 1. The van der Waals surface area contributed by atoms with E-state index in [2.05, 4.69) is 4.74 Å². The third-order valence-electron chi connectivity index (χ3n) is 5.43. The number of aliphatic hydroxyl groups excluding tert-OH is 1. The summed E-state index contributed by atoms with van der Waals surface area (Å²) in [5.74, 6) is 0.638. The Hall–Kier alpha value is -3.38. The highest BCUT2D eigenvalue weighted by molar-refractivity contribution is 5.66. The van der Waals surface area contributed by atoms with Gasteiger partial charge in [0.15, 0.2) is 0 Å². The van der Waals surface area contributed by atoms with E-state index in [1.165, 1.54) is 0 Å². The van der Waals surface area contributed by atoms with Crippen molar-refractivity contribution >= 4 is 12.1 Å². The highest BCUT2D eigenvalue weighted by Crippen LogP contribution is 2.19. The van der Waals surface area contributed by atoms with Crippen LogP contribution in [0.4, 0.5) is 4.79 Å². The van der Waals surface area contributed by atoms with Crippen LogP contribution in [-0.2, 0) is 37.0 Å². The standard InChI is InChI=1S/C25H34O8.C5H11NO2/c1-18(26)25(33-16-20-8-12-22(30-3)13-9-20)23(17-31-14-4-5-24(27)28)32-15-19-6-10-21(29-2)11-7-19;1-5(2,3)8-4(6)7/h6-13,18,23,25-26H,4-5,14-17H2,1-3H3,(H,27,28);1-3H3,(H2,6,7)/t18?,23?,25-;/m0./s1. The van der Waals surface area contributed by atoms with Crippen molar-refractivity contribution in [2.45, 2.75) is 77.7 Å². The minimum atomic E-state index is -0.865. The van der Waals surface area contributed by atoms with Gasteiger partial charge in [-0.1, -0.05) is 24.3 Å². The minimum Gasteiger partial charge on any atom is -0.497 e. The normalized spacial score (nSPS) is 13.2. The number of carbonyl (C=O) groups is 2. The SMILES string of the molecule is CC(C)(C)OC(N)=O.COc1ccc(COC(COCCCC(=O)O)[C@@H](OCc2ccc(OC)cc2)C(C)O)cc1. The third kappa shape index (κ3) is 16.5. The molecule has 2 rings (SSSR count). The number of carboxylic acids is 1. The van der Waals surface area contributed by atoms with Crippen molar-refractivity contribution in [1.82, 2.24) is 0 Å². The lowest BCUT2D eigenvalue weighted by molar-refractivity contribution is -0.148. The van der Waals surface area contributed by atoms with Crippen LogP contribution in [0.1, 0.15) is 51.7 Å². The first-order valence-electron chi connectivity index (χ1n) is 13.3. The molecule has 11 heteroatoms. The average Bonchev–Trinajstić information content (AvgIpc) is 2.90. The van der Waals surface area contributed by atoms with Crippen LogP contribution in [0, 0.1) is 0 Å². The fraction of sp³-hybridized carbons (Fsp3) is 0.533. The molecule has 230 valence electrons. The van der Waals surface area contributed by atoms with E-state index in [1.54, 1.807) is 41.9 Å². The quantitative estimate of drug-likeness (QED) is 0.245. The number of primary amides is 1. The van der Waals surface area contributed by atoms with E-state index < -0.39 is 36.0 Å². The van der Waals surface area contributed by atoms with Gasteiger partial charge in [0, 0.05) is 13.0 Å². The Morgan fingerprint density at radius 2 is 1.37 bits per heavy atom. The van der Waals surface area contributed by atoms with E-state index in [4.69, 9.17) is 34.5 Å². The second-order valence-corrected chi connectivity index (χ2v) is 10.2. The zero-order valence-electron chi connectivity index (χ0n) is 24.8. The molecule has 4 N–H and O–H groups in total. The van der Waals surface area contributed by atoms with Crippen molar-refractivity contribution in [1.29, 1.82) is 0 Å². The monoisotopic (exact) mass is 579 g/mol.